The van der Waals surface area contributed by atoms with Crippen LogP contribution in [0.15, 0.2) is 0 Å². The summed E-state index contributed by atoms with van der Waals surface area (Å²) < 4.78 is 0. The van der Waals surface area contributed by atoms with Gasteiger partial charge in [-0.3, -0.25) is 4.79 Å². The molecule has 3 fully saturated rings. The summed E-state index contributed by atoms with van der Waals surface area (Å²) in [5.74, 6) is 0.781. The molecule has 2 aliphatic heterocycles. The summed E-state index contributed by atoms with van der Waals surface area (Å²) in [5.41, 5.74) is 6.49. The lowest BCUT2D eigenvalue weighted by atomic mass is 9.74. The number of hydrogen-bond acceptors (Lipinski definition) is 4. The predicted molar refractivity (Wildman–Crippen MR) is 96.3 cm³/mol. The minimum atomic E-state index is -0.471. The van der Waals surface area contributed by atoms with Gasteiger partial charge in [-0.1, -0.05) is 0 Å². The van der Waals surface area contributed by atoms with Crippen LogP contribution in [-0.4, -0.2) is 65.0 Å². The molecule has 6 atom stereocenters. The van der Waals surface area contributed by atoms with Crippen LogP contribution >= 0.6 is 23.2 Å². The maximum atomic E-state index is 12.5. The van der Waals surface area contributed by atoms with E-state index in [0.717, 1.165) is 45.4 Å². The fraction of sp³-hybridized carbons (Fsp3) is 0.941. The molecule has 7 heteroatoms. The Hall–Kier alpha value is -0.0700. The van der Waals surface area contributed by atoms with Crippen LogP contribution in [0.3, 0.4) is 0 Å². The molecule has 2 heterocycles. The summed E-state index contributed by atoms with van der Waals surface area (Å²) in [7, 11) is 0. The van der Waals surface area contributed by atoms with Gasteiger partial charge in [0.25, 0.3) is 0 Å². The van der Waals surface area contributed by atoms with Crippen LogP contribution in [0, 0.1) is 17.8 Å². The average Bonchev–Trinajstić information content (AvgIpc) is 3.11. The first kappa shape index (κ1) is 18.7. The molecule has 5 unspecified atom stereocenters. The highest BCUT2D eigenvalue weighted by atomic mass is 35.5. The summed E-state index contributed by atoms with van der Waals surface area (Å²) in [5, 5.41) is 13.3. The topological polar surface area (TPSA) is 78.6 Å². The number of likely N-dealkylation sites (tertiary alicyclic amines) is 1. The molecule has 5 nitrogen and oxygen atoms in total. The molecule has 0 spiro atoms. The number of amides is 1. The van der Waals surface area contributed by atoms with Crippen molar-refractivity contribution in [3.63, 3.8) is 0 Å². The molecule has 2 saturated heterocycles. The minimum absolute atomic E-state index is 0.00813. The summed E-state index contributed by atoms with van der Waals surface area (Å²) in [6.45, 7) is 3.31. The van der Waals surface area contributed by atoms with Gasteiger partial charge in [-0.25, -0.2) is 0 Å². The van der Waals surface area contributed by atoms with Crippen molar-refractivity contribution in [3.8, 4) is 0 Å². The van der Waals surface area contributed by atoms with E-state index in [2.05, 4.69) is 5.32 Å². The molecule has 0 aromatic heterocycles. The third-order valence-corrected chi connectivity index (χ3v) is 7.24. The van der Waals surface area contributed by atoms with Gasteiger partial charge in [-0.05, 0) is 44.6 Å². The number of carbonyl (C=O) groups excluding carboxylic acids is 1. The van der Waals surface area contributed by atoms with Crippen LogP contribution in [-0.2, 0) is 4.79 Å². The molecule has 4 N–H and O–H groups in total. The molecule has 0 bridgehead atoms. The number of rotatable bonds is 3. The maximum Gasteiger partial charge on any atom is 0.227 e. The molecule has 1 saturated carbocycles. The number of aliphatic hydroxyl groups excluding tert-OH is 1. The van der Waals surface area contributed by atoms with Gasteiger partial charge in [0.1, 0.15) is 0 Å². The Morgan fingerprint density at radius 3 is 2.46 bits per heavy atom. The standard InChI is InChI=1S/C17H29Cl2N3O2/c18-13-7-12(15(23)8-14(13)19)16(20)10-2-5-22(6-3-10)17(24)11-1-4-21-9-11/h10-16,21,23H,1-9,20H2/t11-,12?,13?,14?,15?,16?/m0/s1. The molecule has 3 rings (SSSR count). The highest BCUT2D eigenvalue weighted by molar-refractivity contribution is 6.30. The maximum absolute atomic E-state index is 12.5. The van der Waals surface area contributed by atoms with Gasteiger partial charge in [0.05, 0.1) is 22.8 Å². The van der Waals surface area contributed by atoms with Gasteiger partial charge in [-0.2, -0.15) is 0 Å². The van der Waals surface area contributed by atoms with E-state index >= 15 is 0 Å². The van der Waals surface area contributed by atoms with Crippen LogP contribution in [0.5, 0.6) is 0 Å². The van der Waals surface area contributed by atoms with Crippen molar-refractivity contribution in [2.75, 3.05) is 26.2 Å². The van der Waals surface area contributed by atoms with Crippen LogP contribution in [0.2, 0.25) is 0 Å². The van der Waals surface area contributed by atoms with Gasteiger partial charge in [0.2, 0.25) is 5.91 Å². The van der Waals surface area contributed by atoms with Crippen molar-refractivity contribution < 1.29 is 9.90 Å². The van der Waals surface area contributed by atoms with E-state index in [4.69, 9.17) is 28.9 Å². The normalized spacial score (nSPS) is 39.8. The van der Waals surface area contributed by atoms with Crippen molar-refractivity contribution in [3.05, 3.63) is 0 Å². The molecule has 1 aliphatic carbocycles. The van der Waals surface area contributed by atoms with Gasteiger partial charge in [0, 0.05) is 31.6 Å². The molecular weight excluding hydrogens is 349 g/mol. The molecule has 0 aromatic carbocycles. The van der Waals surface area contributed by atoms with E-state index in [0.29, 0.717) is 18.8 Å². The minimum Gasteiger partial charge on any atom is -0.393 e. The first-order valence-electron chi connectivity index (χ1n) is 9.18. The Morgan fingerprint density at radius 2 is 1.83 bits per heavy atom. The van der Waals surface area contributed by atoms with Crippen LogP contribution < -0.4 is 11.1 Å². The zero-order chi connectivity index (χ0) is 17.3. The predicted octanol–water partition coefficient (Wildman–Crippen LogP) is 1.15. The van der Waals surface area contributed by atoms with E-state index in [1.807, 2.05) is 4.90 Å². The third-order valence-electron chi connectivity index (χ3n) is 6.15. The zero-order valence-corrected chi connectivity index (χ0v) is 15.6. The van der Waals surface area contributed by atoms with E-state index in [1.54, 1.807) is 0 Å². The summed E-state index contributed by atoms with van der Waals surface area (Å²) in [6, 6.07) is -0.0733. The van der Waals surface area contributed by atoms with Crippen molar-refractivity contribution in [2.24, 2.45) is 23.5 Å². The molecule has 1 amide bonds. The van der Waals surface area contributed by atoms with E-state index in [9.17, 15) is 9.90 Å². The van der Waals surface area contributed by atoms with Crippen molar-refractivity contribution >= 4 is 29.1 Å². The van der Waals surface area contributed by atoms with Crippen LogP contribution in [0.4, 0.5) is 0 Å². The first-order chi connectivity index (χ1) is 11.5. The van der Waals surface area contributed by atoms with E-state index in [-0.39, 0.29) is 34.5 Å². The lowest BCUT2D eigenvalue weighted by molar-refractivity contribution is -0.136. The van der Waals surface area contributed by atoms with Gasteiger partial charge < -0.3 is 21.1 Å². The fourth-order valence-electron chi connectivity index (χ4n) is 4.51. The fourth-order valence-corrected chi connectivity index (χ4v) is 5.10. The lowest BCUT2D eigenvalue weighted by Crippen LogP contribution is -2.52. The van der Waals surface area contributed by atoms with Crippen LogP contribution in [0.25, 0.3) is 0 Å². The van der Waals surface area contributed by atoms with Crippen molar-refractivity contribution in [1.29, 1.82) is 0 Å². The molecule has 24 heavy (non-hydrogen) atoms. The summed E-state index contributed by atoms with van der Waals surface area (Å²) in [4.78, 5) is 14.5. The molecule has 0 aromatic rings. The van der Waals surface area contributed by atoms with Crippen LogP contribution in [0.1, 0.15) is 32.1 Å². The molecule has 138 valence electrons. The first-order valence-corrected chi connectivity index (χ1v) is 10.1. The van der Waals surface area contributed by atoms with Crippen molar-refractivity contribution in [2.45, 2.75) is 55.0 Å². The summed E-state index contributed by atoms with van der Waals surface area (Å²) >= 11 is 12.4. The Bertz CT molecular complexity index is 440. The number of nitrogens with two attached hydrogens (primary N) is 1. The Morgan fingerprint density at radius 1 is 1.17 bits per heavy atom. The number of hydrogen-bond donors (Lipinski definition) is 3. The number of piperidine rings is 1. The number of aliphatic hydroxyl groups is 1. The Kier molecular flexibility index (Phi) is 6.30. The monoisotopic (exact) mass is 377 g/mol. The smallest absolute Gasteiger partial charge is 0.227 e. The molecule has 0 radical (unpaired) electrons. The number of nitrogens with one attached hydrogen (secondary N) is 1. The number of alkyl halides is 2. The van der Waals surface area contributed by atoms with E-state index < -0.39 is 6.10 Å². The van der Waals surface area contributed by atoms with Gasteiger partial charge >= 0.3 is 0 Å². The average molecular weight is 378 g/mol. The highest BCUT2D eigenvalue weighted by Gasteiger charge is 2.41. The molecule has 3 aliphatic rings. The van der Waals surface area contributed by atoms with Crippen molar-refractivity contribution in [1.82, 2.24) is 10.2 Å². The largest absolute Gasteiger partial charge is 0.393 e. The summed E-state index contributed by atoms with van der Waals surface area (Å²) in [6.07, 6.45) is 3.48. The number of halogens is 2. The number of nitrogens with zero attached hydrogens (tertiary/aromatic N) is 1. The zero-order valence-electron chi connectivity index (χ0n) is 14.0. The Balaban J connectivity index is 1.51. The number of carbonyl (C=O) groups is 1. The van der Waals surface area contributed by atoms with E-state index in [1.165, 1.54) is 0 Å². The second-order valence-electron chi connectivity index (χ2n) is 7.66. The quantitative estimate of drug-likeness (QED) is 0.644. The Labute approximate surface area is 154 Å². The molecular formula is C17H29Cl2N3O2. The second-order valence-corrected chi connectivity index (χ2v) is 8.79. The third kappa shape index (κ3) is 4.01. The SMILES string of the molecule is NC(C1CCN(C(=O)[C@H]2CCNC2)CC1)C1CC(Cl)C(Cl)CC1O. The second kappa shape index (κ2) is 8.09. The lowest BCUT2D eigenvalue weighted by Gasteiger charge is -2.42. The van der Waals surface area contributed by atoms with Gasteiger partial charge in [-0.15, -0.1) is 23.2 Å². The van der Waals surface area contributed by atoms with Gasteiger partial charge in [0.15, 0.2) is 0 Å². The highest BCUT2D eigenvalue weighted by Crippen LogP contribution is 2.37.